The van der Waals surface area contributed by atoms with Crippen LogP contribution >= 0.6 is 0 Å². The Hall–Kier alpha value is -2.59. The number of nitrogens with one attached hydrogen (secondary N) is 1. The quantitative estimate of drug-likeness (QED) is 0.804. The van der Waals surface area contributed by atoms with Crippen molar-refractivity contribution in [1.82, 2.24) is 9.99 Å². The molecular weight excluding hydrogens is 298 g/mol. The number of nitrogens with zero attached hydrogens (tertiary/aromatic N) is 2. The summed E-state index contributed by atoms with van der Waals surface area (Å²) < 4.78 is 2.16. The summed E-state index contributed by atoms with van der Waals surface area (Å²) in [4.78, 5) is 12.1. The first kappa shape index (κ1) is 15.0. The summed E-state index contributed by atoms with van der Waals surface area (Å²) in [5.41, 5.74) is 2.39. The van der Waals surface area contributed by atoms with Crippen LogP contribution in [-0.4, -0.2) is 30.4 Å². The van der Waals surface area contributed by atoms with Gasteiger partial charge in [-0.1, -0.05) is 42.5 Å². The van der Waals surface area contributed by atoms with Crippen LogP contribution in [0.3, 0.4) is 0 Å². The molecule has 1 saturated heterocycles. The van der Waals surface area contributed by atoms with E-state index in [2.05, 4.69) is 45.3 Å². The van der Waals surface area contributed by atoms with E-state index in [1.165, 1.54) is 5.56 Å². The molecule has 0 aliphatic carbocycles. The number of benzene rings is 2. The molecule has 122 valence electrons. The zero-order chi connectivity index (χ0) is 16.4. The Labute approximate surface area is 141 Å². The number of fused-ring (bicyclic) bond motifs is 1. The number of piperazine rings is 1. The van der Waals surface area contributed by atoms with Crippen LogP contribution in [0.5, 0.6) is 0 Å². The maximum absolute atomic E-state index is 12.1. The second kappa shape index (κ2) is 6.49. The van der Waals surface area contributed by atoms with Crippen molar-refractivity contribution in [2.45, 2.75) is 12.5 Å². The molecule has 2 heterocycles. The van der Waals surface area contributed by atoms with E-state index in [0.29, 0.717) is 6.04 Å². The minimum atomic E-state index is 0.0802. The first-order chi connectivity index (χ1) is 11.8. The summed E-state index contributed by atoms with van der Waals surface area (Å²) in [6.45, 7) is 2.81. The van der Waals surface area contributed by atoms with E-state index in [0.717, 1.165) is 37.0 Å². The van der Waals surface area contributed by atoms with Gasteiger partial charge in [-0.25, -0.2) is 0 Å². The number of hydrogen-bond acceptors (Lipinski definition) is 3. The van der Waals surface area contributed by atoms with Crippen LogP contribution in [-0.2, 0) is 6.42 Å². The second-order valence-corrected chi connectivity index (χ2v) is 6.25. The zero-order valence-corrected chi connectivity index (χ0v) is 13.6. The largest absolute Gasteiger partial charge is 0.313 e. The van der Waals surface area contributed by atoms with E-state index in [1.807, 2.05) is 30.5 Å². The molecule has 4 heteroatoms. The minimum absolute atomic E-state index is 0.0802. The third kappa shape index (κ3) is 2.81. The Kier molecular flexibility index (Phi) is 4.05. The van der Waals surface area contributed by atoms with Gasteiger partial charge in [0.05, 0.1) is 11.6 Å². The van der Waals surface area contributed by atoms with Crippen LogP contribution in [0.15, 0.2) is 71.7 Å². The van der Waals surface area contributed by atoms with Crippen molar-refractivity contribution < 1.29 is 0 Å². The lowest BCUT2D eigenvalue weighted by molar-refractivity contribution is 0.398. The number of para-hydroxylation sites is 1. The standard InChI is InChI=1S/C20H21N3O/c24-20-10-12-23(19-9-5-4-8-18(19)20)22-13-11-21-15-17(22)14-16-6-2-1-3-7-16/h1-10,12,17,21H,11,13-15H2. The van der Waals surface area contributed by atoms with Crippen molar-refractivity contribution in [2.24, 2.45) is 0 Å². The summed E-state index contributed by atoms with van der Waals surface area (Å²) >= 11 is 0. The van der Waals surface area contributed by atoms with Gasteiger partial charge < -0.3 is 10.3 Å². The molecule has 3 aromatic rings. The highest BCUT2D eigenvalue weighted by atomic mass is 16.1. The van der Waals surface area contributed by atoms with Gasteiger partial charge in [-0.05, 0) is 24.1 Å². The molecule has 0 radical (unpaired) electrons. The SMILES string of the molecule is O=c1ccn(N2CCNCC2Cc2ccccc2)c2ccccc12. The lowest BCUT2D eigenvalue weighted by atomic mass is 10.0. The van der Waals surface area contributed by atoms with Gasteiger partial charge in [-0.15, -0.1) is 0 Å². The summed E-state index contributed by atoms with van der Waals surface area (Å²) in [5, 5.41) is 6.65. The molecule has 24 heavy (non-hydrogen) atoms. The number of pyridine rings is 1. The van der Waals surface area contributed by atoms with Crippen LogP contribution in [0.4, 0.5) is 0 Å². The van der Waals surface area contributed by atoms with E-state index in [4.69, 9.17) is 0 Å². The molecule has 4 rings (SSSR count). The second-order valence-electron chi connectivity index (χ2n) is 6.25. The fourth-order valence-corrected chi connectivity index (χ4v) is 3.51. The summed E-state index contributed by atoms with van der Waals surface area (Å²) in [6.07, 6.45) is 2.89. The van der Waals surface area contributed by atoms with Crippen molar-refractivity contribution >= 4 is 10.9 Å². The van der Waals surface area contributed by atoms with Crippen molar-refractivity contribution in [3.63, 3.8) is 0 Å². The number of aromatic nitrogens is 1. The van der Waals surface area contributed by atoms with Gasteiger partial charge in [0.1, 0.15) is 0 Å². The van der Waals surface area contributed by atoms with Crippen LogP contribution in [0.1, 0.15) is 5.56 Å². The average molecular weight is 319 g/mol. The monoisotopic (exact) mass is 319 g/mol. The van der Waals surface area contributed by atoms with E-state index >= 15 is 0 Å². The summed E-state index contributed by atoms with van der Waals surface area (Å²) in [5.74, 6) is 0. The Balaban J connectivity index is 1.73. The predicted octanol–water partition coefficient (Wildman–Crippen LogP) is 2.15. The smallest absolute Gasteiger partial charge is 0.189 e. The molecule has 1 aromatic heterocycles. The summed E-state index contributed by atoms with van der Waals surface area (Å²) in [6, 6.07) is 20.5. The fourth-order valence-electron chi connectivity index (χ4n) is 3.51. The lowest BCUT2D eigenvalue weighted by Gasteiger charge is -2.40. The molecule has 1 unspecified atom stereocenters. The number of hydrogen-bond donors (Lipinski definition) is 1. The molecule has 2 aromatic carbocycles. The molecule has 1 aliphatic rings. The minimum Gasteiger partial charge on any atom is -0.313 e. The normalized spacial score (nSPS) is 18.0. The van der Waals surface area contributed by atoms with Crippen molar-refractivity contribution in [3.05, 3.63) is 82.6 Å². The molecule has 1 atom stereocenters. The van der Waals surface area contributed by atoms with E-state index in [1.54, 1.807) is 6.07 Å². The average Bonchev–Trinajstić information content (AvgIpc) is 2.64. The van der Waals surface area contributed by atoms with Gasteiger partial charge in [0.15, 0.2) is 5.43 Å². The predicted molar refractivity (Wildman–Crippen MR) is 98.1 cm³/mol. The molecule has 0 spiro atoms. The topological polar surface area (TPSA) is 37.3 Å². The van der Waals surface area contributed by atoms with Crippen LogP contribution in [0, 0.1) is 0 Å². The fraction of sp³-hybridized carbons (Fsp3) is 0.250. The molecule has 0 amide bonds. The highest BCUT2D eigenvalue weighted by Crippen LogP contribution is 2.15. The Bertz CT molecular complexity index is 888. The van der Waals surface area contributed by atoms with Crippen LogP contribution < -0.4 is 15.8 Å². The van der Waals surface area contributed by atoms with Crippen LogP contribution in [0.25, 0.3) is 10.9 Å². The highest BCUT2D eigenvalue weighted by molar-refractivity contribution is 5.79. The molecule has 1 aliphatic heterocycles. The number of rotatable bonds is 3. The van der Waals surface area contributed by atoms with Crippen molar-refractivity contribution in [1.29, 1.82) is 0 Å². The molecule has 0 bridgehead atoms. The Morgan fingerprint density at radius 1 is 1.00 bits per heavy atom. The van der Waals surface area contributed by atoms with Crippen molar-refractivity contribution in [3.8, 4) is 0 Å². The molecule has 1 fully saturated rings. The van der Waals surface area contributed by atoms with E-state index in [-0.39, 0.29) is 5.43 Å². The Morgan fingerprint density at radius 2 is 1.79 bits per heavy atom. The van der Waals surface area contributed by atoms with Gasteiger partial charge in [0, 0.05) is 37.3 Å². The zero-order valence-electron chi connectivity index (χ0n) is 13.6. The Morgan fingerprint density at radius 3 is 2.67 bits per heavy atom. The van der Waals surface area contributed by atoms with Crippen molar-refractivity contribution in [2.75, 3.05) is 24.6 Å². The third-order valence-electron chi connectivity index (χ3n) is 4.69. The van der Waals surface area contributed by atoms with Gasteiger partial charge in [-0.2, -0.15) is 0 Å². The third-order valence-corrected chi connectivity index (χ3v) is 4.69. The summed E-state index contributed by atoms with van der Waals surface area (Å²) in [7, 11) is 0. The maximum atomic E-state index is 12.1. The molecule has 0 saturated carbocycles. The first-order valence-corrected chi connectivity index (χ1v) is 8.45. The lowest BCUT2D eigenvalue weighted by Crippen LogP contribution is -2.57. The van der Waals surface area contributed by atoms with Gasteiger partial charge in [0.25, 0.3) is 0 Å². The molecule has 1 N–H and O–H groups in total. The first-order valence-electron chi connectivity index (χ1n) is 8.45. The highest BCUT2D eigenvalue weighted by Gasteiger charge is 2.23. The van der Waals surface area contributed by atoms with E-state index in [9.17, 15) is 4.79 Å². The van der Waals surface area contributed by atoms with Gasteiger partial charge >= 0.3 is 0 Å². The maximum Gasteiger partial charge on any atom is 0.189 e. The van der Waals surface area contributed by atoms with Crippen LogP contribution in [0.2, 0.25) is 0 Å². The van der Waals surface area contributed by atoms with E-state index < -0.39 is 0 Å². The molecular formula is C20H21N3O. The van der Waals surface area contributed by atoms with Gasteiger partial charge in [0.2, 0.25) is 0 Å². The van der Waals surface area contributed by atoms with Gasteiger partial charge in [-0.3, -0.25) is 9.47 Å². The molecule has 4 nitrogen and oxygen atoms in total.